The van der Waals surface area contributed by atoms with E-state index in [4.69, 9.17) is 4.99 Å². The third-order valence-electron chi connectivity index (χ3n) is 4.69. The SMILES string of the molecule is CCCN=C(NCCn1cnnc1CC)N1CCN(c2ccccn2)CC1.I. The summed E-state index contributed by atoms with van der Waals surface area (Å²) in [5, 5.41) is 11.7. The number of aryl methyl sites for hydroxylation is 1. The van der Waals surface area contributed by atoms with E-state index in [1.54, 1.807) is 6.33 Å². The Kier molecular flexibility index (Phi) is 9.45. The van der Waals surface area contributed by atoms with Crippen molar-refractivity contribution in [1.82, 2.24) is 30.0 Å². The van der Waals surface area contributed by atoms with Crippen LogP contribution in [0.5, 0.6) is 0 Å². The third kappa shape index (κ3) is 6.05. The van der Waals surface area contributed by atoms with Gasteiger partial charge in [0.05, 0.1) is 0 Å². The van der Waals surface area contributed by atoms with E-state index in [0.29, 0.717) is 0 Å². The molecule has 1 aliphatic heterocycles. The lowest BCUT2D eigenvalue weighted by Crippen LogP contribution is -2.53. The summed E-state index contributed by atoms with van der Waals surface area (Å²) in [6.45, 7) is 10.6. The van der Waals surface area contributed by atoms with E-state index in [1.165, 1.54) is 0 Å². The van der Waals surface area contributed by atoms with Crippen LogP contribution in [0, 0.1) is 0 Å². The number of anilines is 1. The highest BCUT2D eigenvalue weighted by Crippen LogP contribution is 2.12. The molecule has 0 aromatic carbocycles. The first-order valence-electron chi connectivity index (χ1n) is 9.87. The second kappa shape index (κ2) is 11.8. The second-order valence-corrected chi connectivity index (χ2v) is 6.59. The summed E-state index contributed by atoms with van der Waals surface area (Å²) in [6, 6.07) is 6.07. The van der Waals surface area contributed by atoms with Gasteiger partial charge in [0, 0.05) is 58.4 Å². The average molecular weight is 498 g/mol. The van der Waals surface area contributed by atoms with Crippen LogP contribution in [0.25, 0.3) is 0 Å². The van der Waals surface area contributed by atoms with Crippen molar-refractivity contribution in [1.29, 1.82) is 0 Å². The van der Waals surface area contributed by atoms with Crippen LogP contribution in [0.2, 0.25) is 0 Å². The first-order valence-corrected chi connectivity index (χ1v) is 9.87. The van der Waals surface area contributed by atoms with Crippen LogP contribution in [0.3, 0.4) is 0 Å². The number of pyridine rings is 1. The molecule has 0 spiro atoms. The Labute approximate surface area is 184 Å². The maximum atomic E-state index is 4.78. The number of nitrogens with zero attached hydrogens (tertiary/aromatic N) is 7. The number of rotatable bonds is 7. The smallest absolute Gasteiger partial charge is 0.194 e. The van der Waals surface area contributed by atoms with Gasteiger partial charge in [-0.3, -0.25) is 4.99 Å². The van der Waals surface area contributed by atoms with E-state index < -0.39 is 0 Å². The molecule has 1 fully saturated rings. The molecular formula is C19H31IN8. The zero-order valence-corrected chi connectivity index (χ0v) is 19.1. The van der Waals surface area contributed by atoms with Gasteiger partial charge in [-0.25, -0.2) is 4.98 Å². The first kappa shape index (κ1) is 22.4. The zero-order valence-electron chi connectivity index (χ0n) is 16.8. The number of guanidine groups is 1. The zero-order chi connectivity index (χ0) is 18.9. The molecule has 0 radical (unpaired) electrons. The Balaban J connectivity index is 0.00000280. The molecule has 0 bridgehead atoms. The van der Waals surface area contributed by atoms with Crippen molar-refractivity contribution in [2.24, 2.45) is 4.99 Å². The Morgan fingerprint density at radius 2 is 2.00 bits per heavy atom. The van der Waals surface area contributed by atoms with Gasteiger partial charge >= 0.3 is 0 Å². The van der Waals surface area contributed by atoms with Gasteiger partial charge in [0.25, 0.3) is 0 Å². The normalized spacial score (nSPS) is 14.7. The van der Waals surface area contributed by atoms with Crippen LogP contribution in [0.15, 0.2) is 35.7 Å². The molecule has 0 aliphatic carbocycles. The molecule has 3 heterocycles. The average Bonchev–Trinajstić information content (AvgIpc) is 3.19. The Hall–Kier alpha value is -1.91. The number of halogens is 1. The summed E-state index contributed by atoms with van der Waals surface area (Å²) < 4.78 is 2.10. The number of nitrogens with one attached hydrogen (secondary N) is 1. The van der Waals surface area contributed by atoms with Crippen LogP contribution >= 0.6 is 24.0 Å². The van der Waals surface area contributed by atoms with Gasteiger partial charge in [-0.05, 0) is 18.6 Å². The summed E-state index contributed by atoms with van der Waals surface area (Å²) in [7, 11) is 0. The fraction of sp³-hybridized carbons (Fsp3) is 0.579. The molecular weight excluding hydrogens is 467 g/mol. The molecule has 2 aromatic rings. The second-order valence-electron chi connectivity index (χ2n) is 6.59. The number of piperazine rings is 1. The summed E-state index contributed by atoms with van der Waals surface area (Å²) in [4.78, 5) is 13.9. The number of hydrogen-bond donors (Lipinski definition) is 1. The lowest BCUT2D eigenvalue weighted by molar-refractivity contribution is 0.369. The largest absolute Gasteiger partial charge is 0.354 e. The van der Waals surface area contributed by atoms with Crippen molar-refractivity contribution in [3.05, 3.63) is 36.5 Å². The molecule has 0 amide bonds. The molecule has 8 nitrogen and oxygen atoms in total. The fourth-order valence-corrected chi connectivity index (χ4v) is 3.20. The van der Waals surface area contributed by atoms with Crippen molar-refractivity contribution in [3.63, 3.8) is 0 Å². The summed E-state index contributed by atoms with van der Waals surface area (Å²) in [6.07, 6.45) is 5.60. The van der Waals surface area contributed by atoms with Gasteiger partial charge in [0.15, 0.2) is 5.96 Å². The minimum absolute atomic E-state index is 0. The molecule has 0 unspecified atom stereocenters. The molecule has 0 saturated carbocycles. The highest BCUT2D eigenvalue weighted by molar-refractivity contribution is 14.0. The lowest BCUT2D eigenvalue weighted by atomic mass is 10.3. The maximum absolute atomic E-state index is 4.78. The Bertz CT molecular complexity index is 710. The Morgan fingerprint density at radius 3 is 2.68 bits per heavy atom. The molecule has 1 N–H and O–H groups in total. The molecule has 154 valence electrons. The minimum Gasteiger partial charge on any atom is -0.354 e. The van der Waals surface area contributed by atoms with Crippen LogP contribution in [0.1, 0.15) is 26.1 Å². The predicted octanol–water partition coefficient (Wildman–Crippen LogP) is 2.03. The van der Waals surface area contributed by atoms with E-state index in [1.807, 2.05) is 18.3 Å². The fourth-order valence-electron chi connectivity index (χ4n) is 3.20. The van der Waals surface area contributed by atoms with E-state index in [9.17, 15) is 0 Å². The van der Waals surface area contributed by atoms with Crippen molar-refractivity contribution < 1.29 is 0 Å². The first-order chi connectivity index (χ1) is 13.3. The lowest BCUT2D eigenvalue weighted by Gasteiger charge is -2.37. The molecule has 1 aliphatic rings. The number of aromatic nitrogens is 4. The molecule has 0 atom stereocenters. The summed E-state index contributed by atoms with van der Waals surface area (Å²) in [5.74, 6) is 3.08. The highest BCUT2D eigenvalue weighted by Gasteiger charge is 2.20. The third-order valence-corrected chi connectivity index (χ3v) is 4.69. The van der Waals surface area contributed by atoms with Gasteiger partial charge < -0.3 is 19.7 Å². The van der Waals surface area contributed by atoms with Gasteiger partial charge in [-0.15, -0.1) is 34.2 Å². The summed E-state index contributed by atoms with van der Waals surface area (Å²) in [5.41, 5.74) is 0. The van der Waals surface area contributed by atoms with Crippen molar-refractivity contribution in [2.75, 3.05) is 44.2 Å². The van der Waals surface area contributed by atoms with Crippen molar-refractivity contribution in [3.8, 4) is 0 Å². The highest BCUT2D eigenvalue weighted by atomic mass is 127. The molecule has 9 heteroatoms. The molecule has 1 saturated heterocycles. The van der Waals surface area contributed by atoms with Gasteiger partial charge in [-0.2, -0.15) is 0 Å². The maximum Gasteiger partial charge on any atom is 0.194 e. The Morgan fingerprint density at radius 1 is 1.18 bits per heavy atom. The summed E-state index contributed by atoms with van der Waals surface area (Å²) >= 11 is 0. The van der Waals surface area contributed by atoms with Gasteiger partial charge in [-0.1, -0.05) is 19.9 Å². The topological polar surface area (TPSA) is 74.5 Å². The number of hydrogen-bond acceptors (Lipinski definition) is 5. The minimum atomic E-state index is 0. The van der Waals surface area contributed by atoms with Gasteiger partial charge in [0.1, 0.15) is 18.0 Å². The van der Waals surface area contributed by atoms with E-state index >= 15 is 0 Å². The molecule has 28 heavy (non-hydrogen) atoms. The van der Waals surface area contributed by atoms with Crippen LogP contribution in [-0.4, -0.2) is 69.9 Å². The van der Waals surface area contributed by atoms with Crippen molar-refractivity contribution in [2.45, 2.75) is 33.2 Å². The van der Waals surface area contributed by atoms with Crippen LogP contribution in [0.4, 0.5) is 5.82 Å². The number of aliphatic imine (C=N–C) groups is 1. The van der Waals surface area contributed by atoms with E-state index in [2.05, 4.69) is 54.8 Å². The van der Waals surface area contributed by atoms with Crippen LogP contribution in [-0.2, 0) is 13.0 Å². The van der Waals surface area contributed by atoms with E-state index in [0.717, 1.165) is 76.3 Å². The quantitative estimate of drug-likeness (QED) is 0.358. The molecule has 3 rings (SSSR count). The standard InChI is InChI=1S/C19H30N8.HI/c1-3-8-21-19(22-10-11-27-16-23-24-17(27)4-2)26-14-12-25(13-15-26)18-7-5-6-9-20-18;/h5-7,9,16H,3-4,8,10-15H2,1-2H3,(H,21,22);1H. The predicted molar refractivity (Wildman–Crippen MR) is 123 cm³/mol. The van der Waals surface area contributed by atoms with Crippen molar-refractivity contribution >= 4 is 35.8 Å². The van der Waals surface area contributed by atoms with Crippen LogP contribution < -0.4 is 10.2 Å². The monoisotopic (exact) mass is 498 g/mol. The van der Waals surface area contributed by atoms with E-state index in [-0.39, 0.29) is 24.0 Å². The van der Waals surface area contributed by atoms with Gasteiger partial charge in [0.2, 0.25) is 0 Å². The molecule has 2 aromatic heterocycles.